The lowest BCUT2D eigenvalue weighted by Gasteiger charge is -2.25. The molecule has 3 heteroatoms. The third-order valence-corrected chi connectivity index (χ3v) is 3.27. The van der Waals surface area contributed by atoms with E-state index in [0.29, 0.717) is 5.56 Å². The topological polar surface area (TPSA) is 20.3 Å². The van der Waals surface area contributed by atoms with E-state index >= 15 is 0 Å². The van der Waals surface area contributed by atoms with Crippen molar-refractivity contribution in [2.45, 2.75) is 13.0 Å². The Morgan fingerprint density at radius 3 is 2.21 bits per heavy atom. The highest BCUT2D eigenvalue weighted by Crippen LogP contribution is 2.20. The van der Waals surface area contributed by atoms with E-state index in [1.165, 1.54) is 24.3 Å². The van der Waals surface area contributed by atoms with Crippen molar-refractivity contribution in [3.8, 4) is 0 Å². The molecule has 0 radical (unpaired) electrons. The molecule has 0 N–H and O–H groups in total. The summed E-state index contributed by atoms with van der Waals surface area (Å²) in [6, 6.07) is 15.4. The average molecular weight is 257 g/mol. The van der Waals surface area contributed by atoms with Crippen molar-refractivity contribution < 1.29 is 9.18 Å². The number of carbonyl (C=O) groups excluding carboxylic acids is 1. The quantitative estimate of drug-likeness (QED) is 0.821. The summed E-state index contributed by atoms with van der Waals surface area (Å²) in [5, 5.41) is 0. The number of halogens is 1. The number of benzene rings is 2. The summed E-state index contributed by atoms with van der Waals surface area (Å²) < 4.78 is 12.8. The molecule has 98 valence electrons. The molecule has 0 aliphatic heterocycles. The predicted molar refractivity (Wildman–Crippen MR) is 73.4 cm³/mol. The molecule has 2 rings (SSSR count). The Balaban J connectivity index is 2.17. The first-order chi connectivity index (χ1) is 9.09. The van der Waals surface area contributed by atoms with Crippen LogP contribution in [-0.2, 0) is 0 Å². The van der Waals surface area contributed by atoms with Gasteiger partial charge in [-0.25, -0.2) is 4.39 Å². The van der Waals surface area contributed by atoms with Crippen LogP contribution in [0.5, 0.6) is 0 Å². The third kappa shape index (κ3) is 2.99. The van der Waals surface area contributed by atoms with E-state index in [0.717, 1.165) is 5.56 Å². The zero-order valence-electron chi connectivity index (χ0n) is 11.0. The SMILES string of the molecule is CC(c1ccccc1)N(C)C(=O)c1ccc(F)cc1. The number of rotatable bonds is 3. The van der Waals surface area contributed by atoms with Crippen LogP contribution in [0.25, 0.3) is 0 Å². The Hall–Kier alpha value is -2.16. The monoisotopic (exact) mass is 257 g/mol. The Labute approximate surface area is 112 Å². The fourth-order valence-electron chi connectivity index (χ4n) is 1.93. The van der Waals surface area contributed by atoms with E-state index < -0.39 is 0 Å². The first-order valence-electron chi connectivity index (χ1n) is 6.17. The fourth-order valence-corrected chi connectivity index (χ4v) is 1.93. The number of amides is 1. The van der Waals surface area contributed by atoms with Gasteiger partial charge in [-0.1, -0.05) is 30.3 Å². The largest absolute Gasteiger partial charge is 0.335 e. The van der Waals surface area contributed by atoms with Gasteiger partial charge in [-0.05, 0) is 36.8 Å². The lowest BCUT2D eigenvalue weighted by molar-refractivity contribution is 0.0742. The van der Waals surface area contributed by atoms with Gasteiger partial charge in [0.2, 0.25) is 0 Å². The Kier molecular flexibility index (Phi) is 3.95. The van der Waals surface area contributed by atoms with E-state index in [1.807, 2.05) is 37.3 Å². The first kappa shape index (κ1) is 13.3. The molecule has 0 saturated carbocycles. The van der Waals surface area contributed by atoms with Crippen molar-refractivity contribution in [1.82, 2.24) is 4.90 Å². The van der Waals surface area contributed by atoms with Gasteiger partial charge in [-0.2, -0.15) is 0 Å². The minimum Gasteiger partial charge on any atom is -0.335 e. The van der Waals surface area contributed by atoms with Crippen LogP contribution in [0.4, 0.5) is 4.39 Å². The maximum Gasteiger partial charge on any atom is 0.254 e. The van der Waals surface area contributed by atoms with Crippen LogP contribution < -0.4 is 0 Å². The van der Waals surface area contributed by atoms with Gasteiger partial charge >= 0.3 is 0 Å². The van der Waals surface area contributed by atoms with Crippen LogP contribution >= 0.6 is 0 Å². The van der Waals surface area contributed by atoms with Crippen LogP contribution in [0.2, 0.25) is 0 Å². The third-order valence-electron chi connectivity index (χ3n) is 3.27. The smallest absolute Gasteiger partial charge is 0.254 e. The molecule has 1 amide bonds. The molecular formula is C16H16FNO. The summed E-state index contributed by atoms with van der Waals surface area (Å²) in [4.78, 5) is 13.9. The average Bonchev–Trinajstić information content (AvgIpc) is 2.46. The molecule has 0 bridgehead atoms. The molecule has 0 aliphatic carbocycles. The summed E-state index contributed by atoms with van der Waals surface area (Å²) >= 11 is 0. The van der Waals surface area contributed by atoms with E-state index in [2.05, 4.69) is 0 Å². The minimum absolute atomic E-state index is 0.0289. The lowest BCUT2D eigenvalue weighted by Crippen LogP contribution is -2.29. The molecular weight excluding hydrogens is 241 g/mol. The van der Waals surface area contributed by atoms with E-state index in [1.54, 1.807) is 11.9 Å². The second kappa shape index (κ2) is 5.65. The molecule has 1 unspecified atom stereocenters. The molecule has 0 aromatic heterocycles. The zero-order chi connectivity index (χ0) is 13.8. The maximum atomic E-state index is 12.8. The van der Waals surface area contributed by atoms with Crippen LogP contribution in [0.3, 0.4) is 0 Å². The minimum atomic E-state index is -0.338. The highest BCUT2D eigenvalue weighted by molar-refractivity contribution is 5.94. The highest BCUT2D eigenvalue weighted by Gasteiger charge is 2.18. The maximum absolute atomic E-state index is 12.8. The molecule has 2 aromatic rings. The van der Waals surface area contributed by atoms with Gasteiger partial charge in [0.25, 0.3) is 5.91 Å². The molecule has 19 heavy (non-hydrogen) atoms. The normalized spacial score (nSPS) is 11.9. The van der Waals surface area contributed by atoms with Gasteiger partial charge in [-0.3, -0.25) is 4.79 Å². The number of hydrogen-bond donors (Lipinski definition) is 0. The Morgan fingerprint density at radius 1 is 1.05 bits per heavy atom. The van der Waals surface area contributed by atoms with Crippen LogP contribution in [0.15, 0.2) is 54.6 Å². The molecule has 0 fully saturated rings. The Bertz CT molecular complexity index is 551. The van der Waals surface area contributed by atoms with Gasteiger partial charge in [0, 0.05) is 12.6 Å². The summed E-state index contributed by atoms with van der Waals surface area (Å²) in [5.74, 6) is -0.452. The number of hydrogen-bond acceptors (Lipinski definition) is 1. The van der Waals surface area contributed by atoms with Gasteiger partial charge in [-0.15, -0.1) is 0 Å². The summed E-state index contributed by atoms with van der Waals surface area (Å²) in [6.45, 7) is 1.97. The first-order valence-corrected chi connectivity index (χ1v) is 6.17. The summed E-state index contributed by atoms with van der Waals surface area (Å²) in [6.07, 6.45) is 0. The second-order valence-electron chi connectivity index (χ2n) is 4.51. The number of carbonyl (C=O) groups is 1. The van der Waals surface area contributed by atoms with Gasteiger partial charge in [0.15, 0.2) is 0 Å². The van der Waals surface area contributed by atoms with Crippen LogP contribution in [0.1, 0.15) is 28.9 Å². The predicted octanol–water partition coefficient (Wildman–Crippen LogP) is 3.66. The molecule has 2 nitrogen and oxygen atoms in total. The molecule has 0 saturated heterocycles. The van der Waals surface area contributed by atoms with Crippen LogP contribution in [0, 0.1) is 5.82 Å². The number of nitrogens with zero attached hydrogens (tertiary/aromatic N) is 1. The van der Waals surface area contributed by atoms with Crippen LogP contribution in [-0.4, -0.2) is 17.9 Å². The molecule has 1 atom stereocenters. The summed E-state index contributed by atoms with van der Waals surface area (Å²) in [7, 11) is 1.75. The van der Waals surface area contributed by atoms with Crippen molar-refractivity contribution in [3.63, 3.8) is 0 Å². The molecule has 0 spiro atoms. The van der Waals surface area contributed by atoms with E-state index in [4.69, 9.17) is 0 Å². The highest BCUT2D eigenvalue weighted by atomic mass is 19.1. The van der Waals surface area contributed by atoms with Crippen molar-refractivity contribution in [2.75, 3.05) is 7.05 Å². The molecule has 2 aromatic carbocycles. The van der Waals surface area contributed by atoms with Crippen molar-refractivity contribution in [2.24, 2.45) is 0 Å². The molecule has 0 heterocycles. The van der Waals surface area contributed by atoms with Gasteiger partial charge < -0.3 is 4.90 Å². The molecule has 0 aliphatic rings. The van der Waals surface area contributed by atoms with Crippen molar-refractivity contribution in [1.29, 1.82) is 0 Å². The van der Waals surface area contributed by atoms with E-state index in [9.17, 15) is 9.18 Å². The standard InChI is InChI=1S/C16H16FNO/c1-12(13-6-4-3-5-7-13)18(2)16(19)14-8-10-15(17)11-9-14/h3-12H,1-2H3. The fraction of sp³-hybridized carbons (Fsp3) is 0.188. The van der Waals surface area contributed by atoms with Gasteiger partial charge in [0.1, 0.15) is 5.82 Å². The zero-order valence-corrected chi connectivity index (χ0v) is 11.0. The van der Waals surface area contributed by atoms with Crippen molar-refractivity contribution >= 4 is 5.91 Å². The lowest BCUT2D eigenvalue weighted by atomic mass is 10.1. The van der Waals surface area contributed by atoms with E-state index in [-0.39, 0.29) is 17.8 Å². The second-order valence-corrected chi connectivity index (χ2v) is 4.51. The van der Waals surface area contributed by atoms with Gasteiger partial charge in [0.05, 0.1) is 6.04 Å². The summed E-state index contributed by atoms with van der Waals surface area (Å²) in [5.41, 5.74) is 1.56. The van der Waals surface area contributed by atoms with Crippen molar-refractivity contribution in [3.05, 3.63) is 71.5 Å². The Morgan fingerprint density at radius 2 is 1.63 bits per heavy atom.